The van der Waals surface area contributed by atoms with Crippen LogP contribution in [0.15, 0.2) is 72.1 Å². The van der Waals surface area contributed by atoms with E-state index in [4.69, 9.17) is 11.6 Å². The Kier molecular flexibility index (Phi) is 5.00. The highest BCUT2D eigenvalue weighted by Crippen LogP contribution is 2.26. The number of hydrazine groups is 1. The lowest BCUT2D eigenvalue weighted by atomic mass is 10.2. The van der Waals surface area contributed by atoms with Crippen LogP contribution in [0.1, 0.15) is 12.7 Å². The van der Waals surface area contributed by atoms with Crippen molar-refractivity contribution < 1.29 is 4.39 Å². The molecule has 128 valence electrons. The molecule has 0 atom stereocenters. The SMILES string of the molecule is C=C/C(F)=C(\C=C/C)c1nc2ccn(CC3=CC=C(Cl)NN3)cc-2n1. The summed E-state index contributed by atoms with van der Waals surface area (Å²) >= 11 is 5.83. The molecule has 0 aromatic heterocycles. The summed E-state index contributed by atoms with van der Waals surface area (Å²) in [7, 11) is 0. The number of pyridine rings is 1. The van der Waals surface area contributed by atoms with Crippen LogP contribution in [-0.2, 0) is 6.54 Å². The van der Waals surface area contributed by atoms with Gasteiger partial charge in [-0.3, -0.25) is 5.43 Å². The lowest BCUT2D eigenvalue weighted by Crippen LogP contribution is -2.32. The Bertz CT molecular complexity index is 891. The monoisotopic (exact) mass is 357 g/mol. The molecule has 0 aromatic rings. The molecule has 7 heteroatoms. The number of nitrogens with one attached hydrogen (secondary N) is 2. The van der Waals surface area contributed by atoms with Gasteiger partial charge in [-0.05, 0) is 31.2 Å². The van der Waals surface area contributed by atoms with Crippen LogP contribution in [0.4, 0.5) is 4.39 Å². The smallest absolute Gasteiger partial charge is 0.163 e. The first-order valence-electron chi connectivity index (χ1n) is 7.68. The highest BCUT2D eigenvalue weighted by atomic mass is 35.5. The first kappa shape index (κ1) is 17.0. The Balaban J connectivity index is 1.92. The molecule has 0 radical (unpaired) electrons. The Morgan fingerprint density at radius 3 is 2.80 bits per heavy atom. The van der Waals surface area contributed by atoms with Gasteiger partial charge in [-0.2, -0.15) is 0 Å². The highest BCUT2D eigenvalue weighted by Gasteiger charge is 2.16. The van der Waals surface area contributed by atoms with Crippen LogP contribution in [0.5, 0.6) is 0 Å². The van der Waals surface area contributed by atoms with Gasteiger partial charge in [0.15, 0.2) is 5.82 Å². The fraction of sp³-hybridized carbons (Fsp3) is 0.111. The fourth-order valence-corrected chi connectivity index (χ4v) is 2.50. The second-order valence-corrected chi connectivity index (χ2v) is 5.76. The van der Waals surface area contributed by atoms with E-state index >= 15 is 0 Å². The third-order valence-electron chi connectivity index (χ3n) is 3.56. The van der Waals surface area contributed by atoms with Crippen LogP contribution in [0, 0.1) is 0 Å². The summed E-state index contributed by atoms with van der Waals surface area (Å²) in [6.07, 6.45) is 12.0. The number of fused-ring (bicyclic) bond motifs is 1. The molecule has 3 heterocycles. The van der Waals surface area contributed by atoms with Gasteiger partial charge in [0.2, 0.25) is 0 Å². The Labute approximate surface area is 150 Å². The third kappa shape index (κ3) is 3.80. The number of imidazole rings is 1. The van der Waals surface area contributed by atoms with Crippen LogP contribution in [-0.4, -0.2) is 14.5 Å². The van der Waals surface area contributed by atoms with Crippen molar-refractivity contribution in [1.29, 1.82) is 0 Å². The molecule has 5 nitrogen and oxygen atoms in total. The zero-order chi connectivity index (χ0) is 17.8. The van der Waals surface area contributed by atoms with Crippen molar-refractivity contribution in [3.8, 4) is 11.4 Å². The van der Waals surface area contributed by atoms with Gasteiger partial charge in [0.05, 0.1) is 23.5 Å². The third-order valence-corrected chi connectivity index (χ3v) is 3.78. The predicted molar refractivity (Wildman–Crippen MR) is 98.0 cm³/mol. The lowest BCUT2D eigenvalue weighted by Gasteiger charge is -2.17. The molecule has 0 saturated heterocycles. The molecular formula is C18H17ClFN5. The summed E-state index contributed by atoms with van der Waals surface area (Å²) in [6.45, 7) is 5.88. The van der Waals surface area contributed by atoms with Gasteiger partial charge in [-0.15, -0.1) is 0 Å². The maximum atomic E-state index is 14.0. The standard InChI is InChI=1S/C18H17ClFN5/c1-3-5-13(14(20)4-2)18-21-15-8-9-25(11-16(15)22-18)10-12-6-7-17(19)24-23-12/h3-9,11,23-24H,2,10H2,1H3/b5-3-,14-13-. The second kappa shape index (κ2) is 7.36. The molecule has 0 unspecified atom stereocenters. The van der Waals surface area contributed by atoms with Gasteiger partial charge >= 0.3 is 0 Å². The van der Waals surface area contributed by atoms with Crippen LogP contribution in [0.2, 0.25) is 0 Å². The molecule has 0 aromatic carbocycles. The normalized spacial score (nSPS) is 15.3. The van der Waals surface area contributed by atoms with E-state index < -0.39 is 5.83 Å². The molecule has 0 spiro atoms. The average molecular weight is 358 g/mol. The largest absolute Gasteiger partial charge is 0.346 e. The van der Waals surface area contributed by atoms with Crippen molar-refractivity contribution in [2.75, 3.05) is 0 Å². The summed E-state index contributed by atoms with van der Waals surface area (Å²) in [5.74, 6) is -0.109. The number of hydrogen-bond donors (Lipinski definition) is 2. The van der Waals surface area contributed by atoms with E-state index in [1.807, 2.05) is 36.0 Å². The minimum Gasteiger partial charge on any atom is -0.346 e. The molecular weight excluding hydrogens is 341 g/mol. The first-order valence-corrected chi connectivity index (χ1v) is 8.05. The van der Waals surface area contributed by atoms with Gasteiger partial charge in [-0.25, -0.2) is 14.4 Å². The number of halogens is 2. The summed E-state index contributed by atoms with van der Waals surface area (Å²) in [6, 6.07) is 1.85. The maximum Gasteiger partial charge on any atom is 0.163 e. The summed E-state index contributed by atoms with van der Waals surface area (Å²) in [4.78, 5) is 8.86. The predicted octanol–water partition coefficient (Wildman–Crippen LogP) is 3.90. The Morgan fingerprint density at radius 2 is 2.12 bits per heavy atom. The van der Waals surface area contributed by atoms with Gasteiger partial charge < -0.3 is 9.99 Å². The van der Waals surface area contributed by atoms with Crippen LogP contribution >= 0.6 is 11.6 Å². The highest BCUT2D eigenvalue weighted by molar-refractivity contribution is 6.29. The van der Waals surface area contributed by atoms with E-state index in [2.05, 4.69) is 27.4 Å². The van der Waals surface area contributed by atoms with Crippen molar-refractivity contribution in [3.05, 3.63) is 77.9 Å². The molecule has 3 aliphatic rings. The molecule has 0 aliphatic carbocycles. The van der Waals surface area contributed by atoms with E-state index in [9.17, 15) is 4.39 Å². The molecule has 2 N–H and O–H groups in total. The van der Waals surface area contributed by atoms with Crippen molar-refractivity contribution in [3.63, 3.8) is 0 Å². The fourth-order valence-electron chi connectivity index (χ4n) is 2.39. The van der Waals surface area contributed by atoms with Crippen molar-refractivity contribution >= 4 is 17.2 Å². The number of aromatic nitrogens is 3. The van der Waals surface area contributed by atoms with Crippen molar-refractivity contribution in [2.24, 2.45) is 0 Å². The maximum absolute atomic E-state index is 14.0. The van der Waals surface area contributed by atoms with Crippen molar-refractivity contribution in [2.45, 2.75) is 13.5 Å². The summed E-state index contributed by atoms with van der Waals surface area (Å²) in [5, 5.41) is 0.531. The van der Waals surface area contributed by atoms with E-state index in [0.717, 1.165) is 11.8 Å². The van der Waals surface area contributed by atoms with Gasteiger partial charge in [0, 0.05) is 12.4 Å². The average Bonchev–Trinajstić information content (AvgIpc) is 3.04. The van der Waals surface area contributed by atoms with E-state index in [-0.39, 0.29) is 0 Å². The number of nitrogens with zero attached hydrogens (tertiary/aromatic N) is 3. The van der Waals surface area contributed by atoms with Crippen molar-refractivity contribution in [1.82, 2.24) is 25.4 Å². The van der Waals surface area contributed by atoms with Crippen LogP contribution in [0.25, 0.3) is 17.0 Å². The Morgan fingerprint density at radius 1 is 1.32 bits per heavy atom. The molecule has 0 saturated carbocycles. The summed E-state index contributed by atoms with van der Waals surface area (Å²) in [5.41, 5.74) is 8.51. The summed E-state index contributed by atoms with van der Waals surface area (Å²) < 4.78 is 16.0. The lowest BCUT2D eigenvalue weighted by molar-refractivity contribution is 0.628. The first-order chi connectivity index (χ1) is 12.1. The molecule has 25 heavy (non-hydrogen) atoms. The second-order valence-electron chi connectivity index (χ2n) is 5.36. The zero-order valence-electron chi connectivity index (χ0n) is 13.6. The van der Waals surface area contributed by atoms with E-state index in [0.29, 0.717) is 34.5 Å². The van der Waals surface area contributed by atoms with Crippen LogP contribution < -0.4 is 10.9 Å². The van der Waals surface area contributed by atoms with Gasteiger partial charge in [-0.1, -0.05) is 30.3 Å². The molecule has 0 fully saturated rings. The topological polar surface area (TPSA) is 54.8 Å². The van der Waals surface area contributed by atoms with E-state index in [1.165, 1.54) is 0 Å². The number of hydrogen-bond acceptors (Lipinski definition) is 4. The molecule has 3 aliphatic heterocycles. The molecule has 0 bridgehead atoms. The number of allylic oxidation sites excluding steroid dienone is 8. The minimum atomic E-state index is -0.451. The van der Waals surface area contributed by atoms with E-state index in [1.54, 1.807) is 18.2 Å². The van der Waals surface area contributed by atoms with Gasteiger partial charge in [0.1, 0.15) is 16.7 Å². The van der Waals surface area contributed by atoms with Gasteiger partial charge in [0.25, 0.3) is 0 Å². The molecule has 0 amide bonds. The Hall–Kier alpha value is -2.86. The number of rotatable bonds is 5. The van der Waals surface area contributed by atoms with Crippen LogP contribution in [0.3, 0.4) is 0 Å². The minimum absolute atomic E-state index is 0.320. The molecule has 3 rings (SSSR count). The quantitative estimate of drug-likeness (QED) is 0.629. The zero-order valence-corrected chi connectivity index (χ0v) is 14.4.